The number of alkyl halides is 6. The molecule has 3 aromatic rings. The van der Waals surface area contributed by atoms with E-state index in [0.717, 1.165) is 24.3 Å². The van der Waals surface area contributed by atoms with E-state index in [0.29, 0.717) is 17.7 Å². The maximum atomic E-state index is 14.3. The first-order chi connectivity index (χ1) is 16.5. The molecule has 0 aromatic heterocycles. The van der Waals surface area contributed by atoms with Crippen LogP contribution < -0.4 is 0 Å². The number of sulfonamides is 1. The van der Waals surface area contributed by atoms with Crippen LogP contribution in [0.15, 0.2) is 59.5 Å². The Hall–Kier alpha value is -3.41. The minimum atomic E-state index is -5.21. The zero-order chi connectivity index (χ0) is 26.8. The highest BCUT2D eigenvalue weighted by molar-refractivity contribution is 7.89. The molecule has 1 heterocycles. The first kappa shape index (κ1) is 25.7. The summed E-state index contributed by atoms with van der Waals surface area (Å²) in [5, 5.41) is 0. The number of hydrogen-bond donors (Lipinski definition) is 0. The van der Waals surface area contributed by atoms with Gasteiger partial charge in [-0.25, -0.2) is 17.1 Å². The number of halogens is 7. The van der Waals surface area contributed by atoms with Crippen molar-refractivity contribution in [3.63, 3.8) is 0 Å². The average molecular weight is 531 g/mol. The van der Waals surface area contributed by atoms with E-state index in [1.807, 2.05) is 0 Å². The van der Waals surface area contributed by atoms with Crippen molar-refractivity contribution in [2.75, 3.05) is 0 Å². The number of carbonyl (C=O) groups excluding carboxylic acids is 1. The smallest absolute Gasteiger partial charge is 0.268 e. The third-order valence-electron chi connectivity index (χ3n) is 5.88. The van der Waals surface area contributed by atoms with Crippen molar-refractivity contribution < 1.29 is 43.9 Å². The lowest BCUT2D eigenvalue weighted by Crippen LogP contribution is -2.35. The Kier molecular flexibility index (Phi) is 5.94. The molecule has 0 saturated carbocycles. The Morgan fingerprint density at radius 2 is 1.33 bits per heavy atom. The van der Waals surface area contributed by atoms with E-state index in [9.17, 15) is 43.9 Å². The molecule has 1 atom stereocenters. The van der Waals surface area contributed by atoms with Crippen molar-refractivity contribution in [1.29, 1.82) is 0 Å². The van der Waals surface area contributed by atoms with Gasteiger partial charge in [0.15, 0.2) is 0 Å². The van der Waals surface area contributed by atoms with E-state index >= 15 is 0 Å². The van der Waals surface area contributed by atoms with Gasteiger partial charge in [-0.15, -0.1) is 0 Å². The molecular weight excluding hydrogens is 515 g/mol. The van der Waals surface area contributed by atoms with Gasteiger partial charge < -0.3 is 0 Å². The molecule has 36 heavy (non-hydrogen) atoms. The number of hydrogen-bond acceptors (Lipinski definition) is 3. The van der Waals surface area contributed by atoms with Crippen LogP contribution in [0.1, 0.15) is 49.8 Å². The maximum Gasteiger partial charge on any atom is 0.416 e. The van der Waals surface area contributed by atoms with Gasteiger partial charge in [0.2, 0.25) is 0 Å². The van der Waals surface area contributed by atoms with E-state index in [1.54, 1.807) is 6.92 Å². The third-order valence-corrected chi connectivity index (χ3v) is 7.64. The normalized spacial score (nSPS) is 16.4. The second kappa shape index (κ2) is 8.32. The molecule has 1 aliphatic rings. The van der Waals surface area contributed by atoms with Gasteiger partial charge in [0, 0.05) is 0 Å². The van der Waals surface area contributed by atoms with Crippen molar-refractivity contribution in [2.45, 2.75) is 37.1 Å². The Bertz CT molecular complexity index is 1450. The second-order valence-electron chi connectivity index (χ2n) is 8.30. The lowest BCUT2D eigenvalue weighted by atomic mass is 9.93. The zero-order valence-electron chi connectivity index (χ0n) is 18.5. The number of rotatable bonds is 3. The molecule has 0 spiro atoms. The van der Waals surface area contributed by atoms with Crippen LogP contribution in [-0.2, 0) is 22.4 Å². The van der Waals surface area contributed by atoms with Crippen LogP contribution >= 0.6 is 0 Å². The Labute approximate surface area is 201 Å². The highest BCUT2D eigenvalue weighted by Gasteiger charge is 2.48. The van der Waals surface area contributed by atoms with Crippen molar-refractivity contribution in [1.82, 2.24) is 4.31 Å². The van der Waals surface area contributed by atoms with Crippen LogP contribution in [-0.4, -0.2) is 18.6 Å². The van der Waals surface area contributed by atoms with Gasteiger partial charge in [-0.3, -0.25) is 4.79 Å². The zero-order valence-corrected chi connectivity index (χ0v) is 19.3. The molecule has 3 aromatic carbocycles. The van der Waals surface area contributed by atoms with Gasteiger partial charge in [-0.05, 0) is 66.9 Å². The summed E-state index contributed by atoms with van der Waals surface area (Å²) in [5.41, 5.74) is -4.41. The lowest BCUT2D eigenvalue weighted by molar-refractivity contribution is -0.143. The summed E-state index contributed by atoms with van der Waals surface area (Å²) >= 11 is 0. The topological polar surface area (TPSA) is 54.5 Å². The molecule has 0 aliphatic carbocycles. The molecule has 4 rings (SSSR count). The van der Waals surface area contributed by atoms with Crippen molar-refractivity contribution >= 4 is 15.9 Å². The summed E-state index contributed by atoms with van der Waals surface area (Å²) in [4.78, 5) is 12.9. The molecule has 0 radical (unpaired) electrons. The predicted octanol–water partition coefficient (Wildman–Crippen LogP) is 6.41. The molecule has 0 saturated heterocycles. The first-order valence-corrected chi connectivity index (χ1v) is 11.7. The van der Waals surface area contributed by atoms with Crippen LogP contribution in [0.5, 0.6) is 0 Å². The highest BCUT2D eigenvalue weighted by Crippen LogP contribution is 2.46. The molecule has 4 nitrogen and oxygen atoms in total. The minimum Gasteiger partial charge on any atom is -0.268 e. The second-order valence-corrected chi connectivity index (χ2v) is 10.1. The molecule has 1 amide bonds. The van der Waals surface area contributed by atoms with Crippen molar-refractivity contribution in [3.8, 4) is 0 Å². The monoisotopic (exact) mass is 531 g/mol. The highest BCUT2D eigenvalue weighted by atomic mass is 32.2. The summed E-state index contributed by atoms with van der Waals surface area (Å²) in [5.74, 6) is -2.16. The number of carbonyl (C=O) groups is 1. The van der Waals surface area contributed by atoms with Crippen molar-refractivity contribution in [3.05, 3.63) is 99.4 Å². The van der Waals surface area contributed by atoms with Crippen LogP contribution in [0.4, 0.5) is 30.7 Å². The summed E-state index contributed by atoms with van der Waals surface area (Å²) in [6, 6.07) is 5.69. The van der Waals surface area contributed by atoms with E-state index in [-0.39, 0.29) is 21.5 Å². The van der Waals surface area contributed by atoms with Crippen LogP contribution in [0, 0.1) is 19.7 Å². The molecule has 190 valence electrons. The summed E-state index contributed by atoms with van der Waals surface area (Å²) < 4.78 is 123. The van der Waals surface area contributed by atoms with E-state index in [4.69, 9.17) is 0 Å². The first-order valence-electron chi connectivity index (χ1n) is 10.3. The third kappa shape index (κ3) is 4.23. The van der Waals surface area contributed by atoms with Gasteiger partial charge in [0.25, 0.3) is 15.9 Å². The molecule has 0 bridgehead atoms. The quantitative estimate of drug-likeness (QED) is 0.367. The van der Waals surface area contributed by atoms with Gasteiger partial charge in [-0.1, -0.05) is 23.8 Å². The standard InChI is InChI=1S/C24H16F7NO3S/c1-12-3-5-17(6-4-12)36(34,35)32-21(18-7-8-19(25)13(2)20(18)22(32)33)14-9-15(23(26,27)28)11-16(10-14)24(29,30)31/h3-11,21H,1-2H3. The van der Waals surface area contributed by atoms with Crippen LogP contribution in [0.25, 0.3) is 0 Å². The fourth-order valence-electron chi connectivity index (χ4n) is 4.10. The van der Waals surface area contributed by atoms with Crippen LogP contribution in [0.3, 0.4) is 0 Å². The lowest BCUT2D eigenvalue weighted by Gasteiger charge is -2.26. The van der Waals surface area contributed by atoms with E-state index in [2.05, 4.69) is 0 Å². The minimum absolute atomic E-state index is 0.101. The van der Waals surface area contributed by atoms with Gasteiger partial charge in [0.1, 0.15) is 5.82 Å². The molecule has 12 heteroatoms. The van der Waals surface area contributed by atoms with Crippen LogP contribution in [0.2, 0.25) is 0 Å². The van der Waals surface area contributed by atoms with E-state index in [1.165, 1.54) is 19.1 Å². The van der Waals surface area contributed by atoms with Gasteiger partial charge in [-0.2, -0.15) is 26.3 Å². The number of amides is 1. The fourth-order valence-corrected chi connectivity index (χ4v) is 5.63. The van der Waals surface area contributed by atoms with Gasteiger partial charge in [0.05, 0.1) is 27.6 Å². The maximum absolute atomic E-state index is 14.3. The Morgan fingerprint density at radius 3 is 1.83 bits per heavy atom. The summed E-state index contributed by atoms with van der Waals surface area (Å²) in [6.07, 6.45) is -10.4. The SMILES string of the molecule is Cc1ccc(S(=O)(=O)N2C(=O)c3c(ccc(F)c3C)C2c2cc(C(F)(F)F)cc(C(F)(F)F)c2)cc1. The number of nitrogens with zero attached hydrogens (tertiary/aromatic N) is 1. The Balaban J connectivity index is 2.05. The number of fused-ring (bicyclic) bond motifs is 1. The fraction of sp³-hybridized carbons (Fsp3) is 0.208. The summed E-state index contributed by atoms with van der Waals surface area (Å²) in [6.45, 7) is 2.82. The largest absolute Gasteiger partial charge is 0.416 e. The van der Waals surface area contributed by atoms with E-state index < -0.39 is 67.3 Å². The predicted molar refractivity (Wildman–Crippen MR) is 114 cm³/mol. The summed E-state index contributed by atoms with van der Waals surface area (Å²) in [7, 11) is -4.80. The molecule has 1 unspecified atom stereocenters. The van der Waals surface area contributed by atoms with Gasteiger partial charge >= 0.3 is 12.4 Å². The molecule has 0 fully saturated rings. The molecular formula is C24H16F7NO3S. The molecule has 0 N–H and O–H groups in total. The Morgan fingerprint density at radius 1 is 0.806 bits per heavy atom. The molecule has 1 aliphatic heterocycles. The number of benzene rings is 3. The van der Waals surface area contributed by atoms with Crippen molar-refractivity contribution in [2.24, 2.45) is 0 Å². The number of aryl methyl sites for hydroxylation is 1. The average Bonchev–Trinajstić information content (AvgIpc) is 3.08.